The summed E-state index contributed by atoms with van der Waals surface area (Å²) in [6.07, 6.45) is 0. The van der Waals surface area contributed by atoms with Crippen LogP contribution in [0.5, 0.6) is 11.5 Å². The monoisotopic (exact) mass is 345 g/mol. The first kappa shape index (κ1) is 18.4. The van der Waals surface area contributed by atoms with E-state index in [1.807, 2.05) is 0 Å². The predicted molar refractivity (Wildman–Crippen MR) is 91.5 cm³/mol. The van der Waals surface area contributed by atoms with Gasteiger partial charge in [-0.3, -0.25) is 9.59 Å². The second-order valence-electron chi connectivity index (χ2n) is 5.55. The van der Waals surface area contributed by atoms with Gasteiger partial charge in [0.05, 0.1) is 13.2 Å². The van der Waals surface area contributed by atoms with E-state index in [1.54, 1.807) is 37.3 Å². The van der Waals surface area contributed by atoms with Gasteiger partial charge < -0.3 is 14.8 Å². The topological polar surface area (TPSA) is 64.6 Å². The first-order chi connectivity index (χ1) is 11.9. The van der Waals surface area contributed by atoms with E-state index < -0.39 is 5.82 Å². The summed E-state index contributed by atoms with van der Waals surface area (Å²) in [5.41, 5.74) is 1.20. The molecule has 0 spiro atoms. The summed E-state index contributed by atoms with van der Waals surface area (Å²) in [6.45, 7) is 3.05. The molecule has 0 bridgehead atoms. The van der Waals surface area contributed by atoms with Crippen molar-refractivity contribution in [2.45, 2.75) is 19.9 Å². The Morgan fingerprint density at radius 3 is 2.40 bits per heavy atom. The van der Waals surface area contributed by atoms with E-state index in [9.17, 15) is 14.0 Å². The number of Topliss-reactive ketones (excluding diaryl/α,β-unsaturated/α-hetero) is 1. The molecular weight excluding hydrogens is 325 g/mol. The average Bonchev–Trinajstić information content (AvgIpc) is 2.60. The highest BCUT2D eigenvalue weighted by Gasteiger charge is 2.13. The molecule has 132 valence electrons. The number of nitrogens with one attached hydrogen (secondary N) is 1. The number of ether oxygens (including phenoxy) is 2. The van der Waals surface area contributed by atoms with Crippen LogP contribution in [0.1, 0.15) is 35.8 Å². The van der Waals surface area contributed by atoms with Gasteiger partial charge in [-0.1, -0.05) is 6.07 Å². The van der Waals surface area contributed by atoms with Gasteiger partial charge >= 0.3 is 0 Å². The summed E-state index contributed by atoms with van der Waals surface area (Å²) in [4.78, 5) is 23.2. The van der Waals surface area contributed by atoms with Crippen molar-refractivity contribution in [1.82, 2.24) is 5.32 Å². The highest BCUT2D eigenvalue weighted by molar-refractivity contribution is 5.94. The second-order valence-corrected chi connectivity index (χ2v) is 5.55. The van der Waals surface area contributed by atoms with Gasteiger partial charge in [0.1, 0.15) is 5.75 Å². The van der Waals surface area contributed by atoms with Gasteiger partial charge in [0.25, 0.3) is 5.91 Å². The van der Waals surface area contributed by atoms with E-state index in [2.05, 4.69) is 5.32 Å². The van der Waals surface area contributed by atoms with E-state index in [0.29, 0.717) is 16.9 Å². The van der Waals surface area contributed by atoms with Crippen molar-refractivity contribution in [3.8, 4) is 11.5 Å². The minimum Gasteiger partial charge on any atom is -0.494 e. The second kappa shape index (κ2) is 8.28. The van der Waals surface area contributed by atoms with Crippen molar-refractivity contribution in [2.75, 3.05) is 13.7 Å². The number of halogens is 1. The number of ketones is 1. The fourth-order valence-corrected chi connectivity index (χ4v) is 2.25. The summed E-state index contributed by atoms with van der Waals surface area (Å²) in [5.74, 6) is -0.213. The van der Waals surface area contributed by atoms with Gasteiger partial charge in [-0.25, -0.2) is 4.39 Å². The molecule has 0 saturated carbocycles. The Hall–Kier alpha value is -2.89. The van der Waals surface area contributed by atoms with Gasteiger partial charge in [-0.2, -0.15) is 0 Å². The van der Waals surface area contributed by atoms with Gasteiger partial charge in [-0.15, -0.1) is 0 Å². The Morgan fingerprint density at radius 2 is 1.84 bits per heavy atom. The molecule has 5 nitrogen and oxygen atoms in total. The maximum Gasteiger partial charge on any atom is 0.258 e. The number of benzene rings is 2. The number of carbonyl (C=O) groups is 2. The zero-order chi connectivity index (χ0) is 18.4. The minimum absolute atomic E-state index is 0.0372. The molecule has 0 fully saturated rings. The molecule has 0 aliphatic heterocycles. The molecule has 0 saturated heterocycles. The van der Waals surface area contributed by atoms with Crippen molar-refractivity contribution >= 4 is 11.7 Å². The van der Waals surface area contributed by atoms with Crippen LogP contribution in [0, 0.1) is 5.82 Å². The van der Waals surface area contributed by atoms with E-state index in [1.165, 1.54) is 26.2 Å². The van der Waals surface area contributed by atoms with Crippen molar-refractivity contribution in [3.63, 3.8) is 0 Å². The van der Waals surface area contributed by atoms with Crippen LogP contribution in [0.4, 0.5) is 4.39 Å². The maximum absolute atomic E-state index is 13.7. The molecule has 1 unspecified atom stereocenters. The van der Waals surface area contributed by atoms with Crippen LogP contribution in [0.25, 0.3) is 0 Å². The zero-order valence-corrected chi connectivity index (χ0v) is 14.3. The van der Waals surface area contributed by atoms with Crippen LogP contribution in [0.3, 0.4) is 0 Å². The fraction of sp³-hybridized carbons (Fsp3) is 0.263. The molecule has 1 atom stereocenters. The molecule has 0 aliphatic carbocycles. The molecule has 2 rings (SSSR count). The van der Waals surface area contributed by atoms with Crippen LogP contribution >= 0.6 is 0 Å². The Balaban J connectivity index is 1.89. The molecule has 0 aromatic heterocycles. The molecule has 6 heteroatoms. The van der Waals surface area contributed by atoms with Crippen molar-refractivity contribution in [1.29, 1.82) is 0 Å². The smallest absolute Gasteiger partial charge is 0.258 e. The lowest BCUT2D eigenvalue weighted by Crippen LogP contribution is -2.31. The van der Waals surface area contributed by atoms with Crippen LogP contribution in [0.2, 0.25) is 0 Å². The van der Waals surface area contributed by atoms with Gasteiger partial charge in [0.2, 0.25) is 0 Å². The molecule has 0 aliphatic rings. The van der Waals surface area contributed by atoms with Crippen molar-refractivity contribution in [3.05, 3.63) is 59.4 Å². The summed E-state index contributed by atoms with van der Waals surface area (Å²) >= 11 is 0. The standard InChI is InChI=1S/C19H20FNO4/c1-12(15-6-9-18(24-3)17(20)10-15)21-19(23)11-25-16-7-4-14(5-8-16)13(2)22/h4-10,12H,11H2,1-3H3,(H,21,23). The van der Waals surface area contributed by atoms with Gasteiger partial charge in [0.15, 0.2) is 24.0 Å². The summed E-state index contributed by atoms with van der Waals surface area (Å²) in [7, 11) is 1.39. The van der Waals surface area contributed by atoms with E-state index in [-0.39, 0.29) is 30.1 Å². The van der Waals surface area contributed by atoms with Crippen LogP contribution < -0.4 is 14.8 Å². The number of hydrogen-bond donors (Lipinski definition) is 1. The number of rotatable bonds is 7. The Bertz CT molecular complexity index is 759. The zero-order valence-electron chi connectivity index (χ0n) is 14.3. The molecule has 1 N–H and O–H groups in total. The summed E-state index contributed by atoms with van der Waals surface area (Å²) in [5, 5.41) is 2.74. The normalized spacial score (nSPS) is 11.5. The molecule has 2 aromatic rings. The van der Waals surface area contributed by atoms with Crippen LogP contribution in [0.15, 0.2) is 42.5 Å². The number of carbonyl (C=O) groups excluding carboxylic acids is 2. The lowest BCUT2D eigenvalue weighted by molar-refractivity contribution is -0.123. The quantitative estimate of drug-likeness (QED) is 0.782. The minimum atomic E-state index is -0.483. The van der Waals surface area contributed by atoms with Crippen LogP contribution in [-0.4, -0.2) is 25.4 Å². The highest BCUT2D eigenvalue weighted by Crippen LogP contribution is 2.21. The van der Waals surface area contributed by atoms with Crippen molar-refractivity contribution < 1.29 is 23.5 Å². The Kier molecular flexibility index (Phi) is 6.11. The molecule has 1 amide bonds. The van der Waals surface area contributed by atoms with E-state index in [4.69, 9.17) is 9.47 Å². The maximum atomic E-state index is 13.7. The summed E-state index contributed by atoms with van der Waals surface area (Å²) in [6, 6.07) is 10.7. The molecular formula is C19H20FNO4. The van der Waals surface area contributed by atoms with Crippen molar-refractivity contribution in [2.24, 2.45) is 0 Å². The lowest BCUT2D eigenvalue weighted by atomic mass is 10.1. The summed E-state index contributed by atoms with van der Waals surface area (Å²) < 4.78 is 24.0. The third kappa shape index (κ3) is 5.04. The van der Waals surface area contributed by atoms with Crippen LogP contribution in [-0.2, 0) is 4.79 Å². The lowest BCUT2D eigenvalue weighted by Gasteiger charge is -2.15. The Morgan fingerprint density at radius 1 is 1.16 bits per heavy atom. The number of methoxy groups -OCH3 is 1. The number of amides is 1. The molecule has 0 radical (unpaired) electrons. The Labute approximate surface area is 145 Å². The fourth-order valence-electron chi connectivity index (χ4n) is 2.25. The third-order valence-electron chi connectivity index (χ3n) is 3.68. The van der Waals surface area contributed by atoms with E-state index >= 15 is 0 Å². The molecule has 2 aromatic carbocycles. The van der Waals surface area contributed by atoms with Gasteiger partial charge in [0, 0.05) is 5.56 Å². The largest absolute Gasteiger partial charge is 0.494 e. The molecule has 25 heavy (non-hydrogen) atoms. The number of hydrogen-bond acceptors (Lipinski definition) is 4. The molecule has 0 heterocycles. The first-order valence-corrected chi connectivity index (χ1v) is 7.77. The average molecular weight is 345 g/mol. The third-order valence-corrected chi connectivity index (χ3v) is 3.68. The SMILES string of the molecule is COc1ccc(C(C)NC(=O)COc2ccc(C(C)=O)cc2)cc1F. The highest BCUT2D eigenvalue weighted by atomic mass is 19.1. The predicted octanol–water partition coefficient (Wildman–Crippen LogP) is 3.29. The van der Waals surface area contributed by atoms with Gasteiger partial charge in [-0.05, 0) is 55.8 Å². The first-order valence-electron chi connectivity index (χ1n) is 7.77. The van der Waals surface area contributed by atoms with E-state index in [0.717, 1.165) is 0 Å².